The maximum absolute atomic E-state index is 13.1. The molecule has 0 aliphatic carbocycles. The Morgan fingerprint density at radius 2 is 1.93 bits per heavy atom. The fourth-order valence-electron chi connectivity index (χ4n) is 4.94. The molecule has 2 amide bonds. The predicted molar refractivity (Wildman–Crippen MR) is 156 cm³/mol. The van der Waals surface area contributed by atoms with Crippen LogP contribution in [0.2, 0.25) is 0 Å². The number of benzene rings is 2. The molecule has 1 aliphatic heterocycles. The van der Waals surface area contributed by atoms with Gasteiger partial charge in [0.25, 0.3) is 0 Å². The maximum atomic E-state index is 13.1. The van der Waals surface area contributed by atoms with Gasteiger partial charge in [-0.15, -0.1) is 5.10 Å². The van der Waals surface area contributed by atoms with E-state index in [0.717, 1.165) is 52.4 Å². The molecular weight excluding hydrogens is 518 g/mol. The van der Waals surface area contributed by atoms with Crippen molar-refractivity contribution in [1.29, 1.82) is 0 Å². The molecule has 0 unspecified atom stereocenters. The molecule has 0 bridgehead atoms. The summed E-state index contributed by atoms with van der Waals surface area (Å²) in [5.74, 6) is 0.0396. The van der Waals surface area contributed by atoms with Crippen LogP contribution in [0.4, 0.5) is 0 Å². The van der Waals surface area contributed by atoms with Gasteiger partial charge >= 0.3 is 0 Å². The van der Waals surface area contributed by atoms with Crippen LogP contribution in [0.3, 0.4) is 0 Å². The minimum Gasteiger partial charge on any atom is -0.487 e. The predicted octanol–water partition coefficient (Wildman–Crippen LogP) is 4.48. The molecular formula is C31H35N7O3. The number of rotatable bonds is 9. The second-order valence-corrected chi connectivity index (χ2v) is 10.5. The number of carbonyl (C=O) groups excluding carboxylic acids is 2. The van der Waals surface area contributed by atoms with Crippen molar-refractivity contribution in [3.63, 3.8) is 0 Å². The highest BCUT2D eigenvalue weighted by Crippen LogP contribution is 2.30. The Labute approximate surface area is 239 Å². The monoisotopic (exact) mass is 553 g/mol. The average molecular weight is 554 g/mol. The molecule has 1 saturated heterocycles. The number of likely N-dealkylation sites (tertiary alicyclic amines) is 1. The van der Waals surface area contributed by atoms with Gasteiger partial charge in [-0.3, -0.25) is 9.59 Å². The first kappa shape index (κ1) is 27.8. The van der Waals surface area contributed by atoms with Gasteiger partial charge in [0.1, 0.15) is 24.1 Å². The molecule has 1 aliphatic rings. The molecule has 1 fully saturated rings. The number of nitrogens with zero attached hydrogens (tertiary/aromatic N) is 6. The van der Waals surface area contributed by atoms with Crippen molar-refractivity contribution in [2.24, 2.45) is 5.73 Å². The number of hydrogen-bond acceptors (Lipinski definition) is 6. The second-order valence-electron chi connectivity index (χ2n) is 10.5. The van der Waals surface area contributed by atoms with Crippen LogP contribution in [0.25, 0.3) is 23.0 Å². The van der Waals surface area contributed by atoms with Crippen molar-refractivity contribution in [3.05, 3.63) is 83.8 Å². The highest BCUT2D eigenvalue weighted by Gasteiger charge is 2.29. The van der Waals surface area contributed by atoms with E-state index in [1.165, 1.54) is 6.08 Å². The minimum absolute atomic E-state index is 0.232. The average Bonchev–Trinajstić information content (AvgIpc) is 3.63. The summed E-state index contributed by atoms with van der Waals surface area (Å²) in [6.45, 7) is 6.91. The van der Waals surface area contributed by atoms with Gasteiger partial charge in [0.2, 0.25) is 11.8 Å². The number of hydrogen-bond donors (Lipinski definition) is 1. The van der Waals surface area contributed by atoms with Gasteiger partial charge in [0.15, 0.2) is 0 Å². The number of primary amides is 1. The van der Waals surface area contributed by atoms with Gasteiger partial charge in [0.05, 0.1) is 17.6 Å². The maximum Gasteiger partial charge on any atom is 0.247 e. The third-order valence-electron chi connectivity index (χ3n) is 7.19. The SMILES string of the molecule is Cc1cc(-c2nn(-c3ccccc3)cc2/C=C/C(=O)N2CCCC[C@H]2C(N)=O)ccc1OCc1cn(C(C)C)nn1. The van der Waals surface area contributed by atoms with Gasteiger partial charge in [-0.25, -0.2) is 9.36 Å². The first-order chi connectivity index (χ1) is 19.8. The van der Waals surface area contributed by atoms with Crippen molar-refractivity contribution in [2.75, 3.05) is 6.54 Å². The Bertz CT molecular complexity index is 1550. The van der Waals surface area contributed by atoms with Crippen molar-refractivity contribution >= 4 is 17.9 Å². The lowest BCUT2D eigenvalue weighted by Gasteiger charge is -2.32. The lowest BCUT2D eigenvalue weighted by molar-refractivity contribution is -0.137. The van der Waals surface area contributed by atoms with Crippen LogP contribution >= 0.6 is 0 Å². The molecule has 2 aromatic heterocycles. The molecule has 4 aromatic rings. The first-order valence-corrected chi connectivity index (χ1v) is 13.9. The third kappa shape index (κ3) is 6.37. The molecule has 0 spiro atoms. The number of amides is 2. The molecule has 2 aromatic carbocycles. The molecule has 1 atom stereocenters. The van der Waals surface area contributed by atoms with Crippen molar-refractivity contribution in [1.82, 2.24) is 29.7 Å². The highest BCUT2D eigenvalue weighted by molar-refractivity contribution is 5.96. The molecule has 5 rings (SSSR count). The van der Waals surface area contributed by atoms with Gasteiger partial charge < -0.3 is 15.4 Å². The smallest absolute Gasteiger partial charge is 0.247 e. The van der Waals surface area contributed by atoms with E-state index in [2.05, 4.69) is 10.3 Å². The fraction of sp³-hybridized carbons (Fsp3) is 0.323. The van der Waals surface area contributed by atoms with E-state index < -0.39 is 11.9 Å². The summed E-state index contributed by atoms with van der Waals surface area (Å²) in [5, 5.41) is 13.2. The van der Waals surface area contributed by atoms with Crippen molar-refractivity contribution < 1.29 is 14.3 Å². The topological polar surface area (TPSA) is 121 Å². The largest absolute Gasteiger partial charge is 0.487 e. The molecule has 0 saturated carbocycles. The fourth-order valence-corrected chi connectivity index (χ4v) is 4.94. The lowest BCUT2D eigenvalue weighted by atomic mass is 10.0. The molecule has 212 valence electrons. The van der Waals surface area contributed by atoms with Gasteiger partial charge in [-0.2, -0.15) is 5.10 Å². The summed E-state index contributed by atoms with van der Waals surface area (Å²) < 4.78 is 9.64. The summed E-state index contributed by atoms with van der Waals surface area (Å²) in [5.41, 5.74) is 10.5. The minimum atomic E-state index is -0.572. The zero-order valence-electron chi connectivity index (χ0n) is 23.6. The van der Waals surface area contributed by atoms with Crippen LogP contribution in [-0.4, -0.2) is 54.1 Å². The van der Waals surface area contributed by atoms with Gasteiger partial charge in [0, 0.05) is 36.0 Å². The zero-order chi connectivity index (χ0) is 28.9. The summed E-state index contributed by atoms with van der Waals surface area (Å²) in [6, 6.07) is 15.3. The molecule has 0 radical (unpaired) electrons. The molecule has 3 heterocycles. The molecule has 10 nitrogen and oxygen atoms in total. The second kappa shape index (κ2) is 12.2. The number of aryl methyl sites for hydroxylation is 1. The van der Waals surface area contributed by atoms with E-state index in [1.54, 1.807) is 20.3 Å². The number of carbonyl (C=O) groups is 2. The molecule has 10 heteroatoms. The van der Waals surface area contributed by atoms with Gasteiger partial charge in [-0.1, -0.05) is 23.4 Å². The first-order valence-electron chi connectivity index (χ1n) is 13.9. The molecule has 41 heavy (non-hydrogen) atoms. The van der Waals surface area contributed by atoms with E-state index in [1.807, 2.05) is 81.7 Å². The Morgan fingerprint density at radius 1 is 1.12 bits per heavy atom. The summed E-state index contributed by atoms with van der Waals surface area (Å²) in [4.78, 5) is 26.6. The van der Waals surface area contributed by atoms with Crippen LogP contribution in [0.5, 0.6) is 5.75 Å². The van der Waals surface area contributed by atoms with Crippen LogP contribution in [0.1, 0.15) is 56.0 Å². The number of ether oxygens (including phenoxy) is 1. The van der Waals surface area contributed by atoms with Crippen LogP contribution in [-0.2, 0) is 16.2 Å². The van der Waals surface area contributed by atoms with E-state index in [0.29, 0.717) is 19.6 Å². The van der Waals surface area contributed by atoms with Crippen LogP contribution in [0.15, 0.2) is 67.0 Å². The Morgan fingerprint density at radius 3 is 2.63 bits per heavy atom. The number of para-hydroxylation sites is 1. The lowest BCUT2D eigenvalue weighted by Crippen LogP contribution is -2.49. The van der Waals surface area contributed by atoms with Gasteiger partial charge in [-0.05, 0) is 82.0 Å². The highest BCUT2D eigenvalue weighted by atomic mass is 16.5. The third-order valence-corrected chi connectivity index (χ3v) is 7.19. The summed E-state index contributed by atoms with van der Waals surface area (Å²) in [7, 11) is 0. The van der Waals surface area contributed by atoms with E-state index in [-0.39, 0.29) is 11.9 Å². The quantitative estimate of drug-likeness (QED) is 0.305. The standard InChI is InChI=1S/C31H35N7O3/c1-21(2)37-19-25(33-35-37)20-41-28-14-12-23(17-22(28)3)30-24(18-38(34-30)26-9-5-4-6-10-26)13-15-29(39)36-16-8-7-11-27(36)31(32)40/h4-6,9-10,12-15,17-19,21,27H,7-8,11,16,20H2,1-3H3,(H2,32,40)/b15-13+/t27-/m0/s1. The summed E-state index contributed by atoms with van der Waals surface area (Å²) in [6.07, 6.45) is 9.38. The number of nitrogens with two attached hydrogens (primary N) is 1. The Kier molecular flexibility index (Phi) is 8.28. The number of aromatic nitrogens is 5. The van der Waals surface area contributed by atoms with E-state index in [4.69, 9.17) is 15.6 Å². The van der Waals surface area contributed by atoms with E-state index in [9.17, 15) is 9.59 Å². The van der Waals surface area contributed by atoms with Crippen LogP contribution in [0, 0.1) is 6.92 Å². The zero-order valence-corrected chi connectivity index (χ0v) is 23.6. The normalized spacial score (nSPS) is 15.5. The Hall–Kier alpha value is -4.73. The number of piperidine rings is 1. The Balaban J connectivity index is 1.41. The van der Waals surface area contributed by atoms with Crippen molar-refractivity contribution in [3.8, 4) is 22.7 Å². The van der Waals surface area contributed by atoms with Crippen molar-refractivity contribution in [2.45, 2.75) is 58.7 Å². The summed E-state index contributed by atoms with van der Waals surface area (Å²) >= 11 is 0. The molecule has 2 N–H and O–H groups in total. The van der Waals surface area contributed by atoms with Crippen LogP contribution < -0.4 is 10.5 Å². The van der Waals surface area contributed by atoms with E-state index >= 15 is 0 Å².